The molecule has 1 N–H and O–H groups in total. The van der Waals surface area contributed by atoms with Crippen molar-refractivity contribution in [3.8, 4) is 0 Å². The van der Waals surface area contributed by atoms with Crippen molar-refractivity contribution in [1.82, 2.24) is 0 Å². The lowest BCUT2D eigenvalue weighted by molar-refractivity contribution is 0.900. The Bertz CT molecular complexity index is 588. The Morgan fingerprint density at radius 3 is 2.89 bits per heavy atom. The zero-order valence-corrected chi connectivity index (χ0v) is 12.6. The largest absolute Gasteiger partial charge is 0.376 e. The normalized spacial score (nSPS) is 17.6. The molecule has 0 aromatic heterocycles. The fourth-order valence-electron chi connectivity index (χ4n) is 2.08. The molecule has 0 saturated carbocycles. The van der Waals surface area contributed by atoms with E-state index in [1.54, 1.807) is 0 Å². The molecule has 1 aliphatic heterocycles. The third-order valence-corrected chi connectivity index (χ3v) is 4.95. The van der Waals surface area contributed by atoms with Crippen molar-refractivity contribution < 1.29 is 0 Å². The van der Waals surface area contributed by atoms with Crippen LogP contribution in [0.15, 0.2) is 51.8 Å². The first-order valence-corrected chi connectivity index (χ1v) is 7.83. The predicted octanol–water partition coefficient (Wildman–Crippen LogP) is 5.36. The highest BCUT2D eigenvalue weighted by Gasteiger charge is 2.22. The molecule has 1 aliphatic rings. The molecule has 92 valence electrons. The maximum Gasteiger partial charge on any atom is 0.0648 e. The molecule has 0 amide bonds. The molecule has 1 heterocycles. The molecule has 1 nitrogen and oxygen atoms in total. The minimum Gasteiger partial charge on any atom is -0.376 e. The number of hydrogen-bond donors (Lipinski definition) is 1. The Kier molecular flexibility index (Phi) is 3.55. The highest BCUT2D eigenvalue weighted by molar-refractivity contribution is 9.10. The first-order valence-electron chi connectivity index (χ1n) is 5.67. The lowest BCUT2D eigenvalue weighted by Crippen LogP contribution is -2.09. The first-order chi connectivity index (χ1) is 8.74. The van der Waals surface area contributed by atoms with Gasteiger partial charge in [0.25, 0.3) is 0 Å². The summed E-state index contributed by atoms with van der Waals surface area (Å²) in [4.78, 5) is 1.36. The van der Waals surface area contributed by atoms with E-state index in [-0.39, 0.29) is 0 Å². The molecule has 1 atom stereocenters. The highest BCUT2D eigenvalue weighted by Crippen LogP contribution is 2.40. The Hall–Kier alpha value is -0.640. The second-order valence-corrected chi connectivity index (χ2v) is 6.55. The van der Waals surface area contributed by atoms with Gasteiger partial charge in [-0.3, -0.25) is 0 Å². The molecule has 0 bridgehead atoms. The van der Waals surface area contributed by atoms with Crippen molar-refractivity contribution in [3.63, 3.8) is 0 Å². The molecule has 2 aromatic carbocycles. The Morgan fingerprint density at radius 1 is 1.22 bits per heavy atom. The zero-order valence-electron chi connectivity index (χ0n) is 9.49. The van der Waals surface area contributed by atoms with Gasteiger partial charge in [-0.2, -0.15) is 0 Å². The SMILES string of the molecule is Clc1cc(Br)ccc1NC1CSc2ccccc21. The van der Waals surface area contributed by atoms with Crippen LogP contribution in [0, 0.1) is 0 Å². The monoisotopic (exact) mass is 339 g/mol. The molecule has 0 saturated heterocycles. The van der Waals surface area contributed by atoms with Crippen LogP contribution in [-0.2, 0) is 0 Å². The Labute approximate surface area is 124 Å². The number of halogens is 2. The molecular formula is C14H11BrClNS. The molecule has 4 heteroatoms. The number of fused-ring (bicyclic) bond motifs is 1. The van der Waals surface area contributed by atoms with Crippen molar-refractivity contribution >= 4 is 45.0 Å². The van der Waals surface area contributed by atoms with Crippen LogP contribution in [-0.4, -0.2) is 5.75 Å². The molecule has 3 rings (SSSR count). The number of nitrogens with one attached hydrogen (secondary N) is 1. The van der Waals surface area contributed by atoms with E-state index in [1.807, 2.05) is 30.0 Å². The lowest BCUT2D eigenvalue weighted by Gasteiger charge is -2.16. The first kappa shape index (κ1) is 12.4. The van der Waals surface area contributed by atoms with Crippen LogP contribution >= 0.6 is 39.3 Å². The number of hydrogen-bond acceptors (Lipinski definition) is 2. The third kappa shape index (κ3) is 2.40. The second kappa shape index (κ2) is 5.16. The fraction of sp³-hybridized carbons (Fsp3) is 0.143. The van der Waals surface area contributed by atoms with Crippen molar-refractivity contribution in [1.29, 1.82) is 0 Å². The average molecular weight is 341 g/mol. The fourth-order valence-corrected chi connectivity index (χ4v) is 3.97. The summed E-state index contributed by atoms with van der Waals surface area (Å²) in [6, 6.07) is 14.8. The van der Waals surface area contributed by atoms with E-state index in [9.17, 15) is 0 Å². The highest BCUT2D eigenvalue weighted by atomic mass is 79.9. The minimum atomic E-state index is 0.338. The van der Waals surface area contributed by atoms with Gasteiger partial charge >= 0.3 is 0 Å². The molecule has 18 heavy (non-hydrogen) atoms. The van der Waals surface area contributed by atoms with Crippen LogP contribution in [0.25, 0.3) is 0 Å². The van der Waals surface area contributed by atoms with E-state index in [0.29, 0.717) is 6.04 Å². The van der Waals surface area contributed by atoms with Gasteiger partial charge in [0.05, 0.1) is 16.8 Å². The maximum atomic E-state index is 6.24. The van der Waals surface area contributed by atoms with Gasteiger partial charge in [-0.05, 0) is 29.8 Å². The van der Waals surface area contributed by atoms with Gasteiger partial charge in [-0.1, -0.05) is 45.7 Å². The van der Waals surface area contributed by atoms with Gasteiger partial charge in [0, 0.05) is 15.1 Å². The quantitative estimate of drug-likeness (QED) is 0.789. The molecular weight excluding hydrogens is 330 g/mol. The standard InChI is InChI=1S/C14H11BrClNS/c15-9-5-6-12(11(16)7-9)17-13-8-18-14-4-2-1-3-10(13)14/h1-7,13,17H,8H2. The number of anilines is 1. The third-order valence-electron chi connectivity index (χ3n) is 2.96. The van der Waals surface area contributed by atoms with E-state index in [1.165, 1.54) is 10.5 Å². The van der Waals surface area contributed by atoms with Crippen LogP contribution in [0.5, 0.6) is 0 Å². The molecule has 0 spiro atoms. The van der Waals surface area contributed by atoms with Crippen LogP contribution < -0.4 is 5.32 Å². The number of benzene rings is 2. The second-order valence-electron chi connectivity index (χ2n) is 4.17. The summed E-state index contributed by atoms with van der Waals surface area (Å²) >= 11 is 11.5. The van der Waals surface area contributed by atoms with E-state index in [0.717, 1.165) is 20.9 Å². The Balaban J connectivity index is 1.86. The van der Waals surface area contributed by atoms with E-state index < -0.39 is 0 Å². The molecule has 0 fully saturated rings. The summed E-state index contributed by atoms with van der Waals surface area (Å²) in [5, 5.41) is 4.27. The maximum absolute atomic E-state index is 6.24. The molecule has 1 unspecified atom stereocenters. The van der Waals surface area contributed by atoms with Crippen molar-refractivity contribution in [3.05, 3.63) is 57.5 Å². The van der Waals surface area contributed by atoms with Crippen molar-refractivity contribution in [2.45, 2.75) is 10.9 Å². The predicted molar refractivity (Wildman–Crippen MR) is 82.7 cm³/mol. The van der Waals surface area contributed by atoms with Crippen LogP contribution in [0.4, 0.5) is 5.69 Å². The molecule has 2 aromatic rings. The lowest BCUT2D eigenvalue weighted by atomic mass is 10.1. The van der Waals surface area contributed by atoms with E-state index in [2.05, 4.69) is 45.5 Å². The van der Waals surface area contributed by atoms with Gasteiger partial charge in [0.2, 0.25) is 0 Å². The van der Waals surface area contributed by atoms with Gasteiger partial charge in [0.15, 0.2) is 0 Å². The van der Waals surface area contributed by atoms with Crippen LogP contribution in [0.1, 0.15) is 11.6 Å². The van der Waals surface area contributed by atoms with Crippen molar-refractivity contribution in [2.24, 2.45) is 0 Å². The van der Waals surface area contributed by atoms with Gasteiger partial charge in [0.1, 0.15) is 0 Å². The molecule has 0 radical (unpaired) electrons. The Morgan fingerprint density at radius 2 is 2.06 bits per heavy atom. The van der Waals surface area contributed by atoms with Gasteiger partial charge < -0.3 is 5.32 Å². The summed E-state index contributed by atoms with van der Waals surface area (Å²) in [5.74, 6) is 1.05. The summed E-state index contributed by atoms with van der Waals surface area (Å²) in [7, 11) is 0. The summed E-state index contributed by atoms with van der Waals surface area (Å²) in [5.41, 5.74) is 2.35. The van der Waals surface area contributed by atoms with Crippen LogP contribution in [0.2, 0.25) is 5.02 Å². The number of rotatable bonds is 2. The van der Waals surface area contributed by atoms with Gasteiger partial charge in [-0.25, -0.2) is 0 Å². The molecule has 0 aliphatic carbocycles. The summed E-state index contributed by atoms with van der Waals surface area (Å²) in [6.07, 6.45) is 0. The van der Waals surface area contributed by atoms with E-state index in [4.69, 9.17) is 11.6 Å². The van der Waals surface area contributed by atoms with Crippen LogP contribution in [0.3, 0.4) is 0 Å². The minimum absolute atomic E-state index is 0.338. The van der Waals surface area contributed by atoms with Crippen molar-refractivity contribution in [2.75, 3.05) is 11.1 Å². The van der Waals surface area contributed by atoms with Gasteiger partial charge in [-0.15, -0.1) is 11.8 Å². The summed E-state index contributed by atoms with van der Waals surface area (Å²) in [6.45, 7) is 0. The average Bonchev–Trinajstić information content (AvgIpc) is 2.76. The topological polar surface area (TPSA) is 12.0 Å². The smallest absolute Gasteiger partial charge is 0.0648 e. The number of thioether (sulfide) groups is 1. The zero-order chi connectivity index (χ0) is 12.5. The summed E-state index contributed by atoms with van der Waals surface area (Å²) < 4.78 is 0.999. The van der Waals surface area contributed by atoms with E-state index >= 15 is 0 Å².